The summed E-state index contributed by atoms with van der Waals surface area (Å²) in [6.45, 7) is 1.85. The molecule has 1 heterocycles. The van der Waals surface area contributed by atoms with E-state index in [9.17, 15) is 13.2 Å². The molecule has 0 aliphatic carbocycles. The Labute approximate surface area is 126 Å². The molecule has 20 heavy (non-hydrogen) atoms. The second-order valence-corrected chi connectivity index (χ2v) is 7.80. The number of carbonyl (C=O) groups is 1. The standard InChI is InChI=1S/C13H16BrNO4S/c1-9-5-6-10(13(16)17)8-15(9)20(18,19)12-4-2-3-11(14)7-12/h2-4,7,9-10H,5-6,8H2,1H3,(H,16,17). The second kappa shape index (κ2) is 5.83. The highest BCUT2D eigenvalue weighted by atomic mass is 79.9. The molecule has 2 rings (SSSR count). The highest BCUT2D eigenvalue weighted by Gasteiger charge is 2.37. The Morgan fingerprint density at radius 3 is 2.70 bits per heavy atom. The molecule has 0 aromatic heterocycles. The highest BCUT2D eigenvalue weighted by Crippen LogP contribution is 2.29. The number of nitrogens with zero attached hydrogens (tertiary/aromatic N) is 1. The number of sulfonamides is 1. The van der Waals surface area contributed by atoms with Crippen LogP contribution in [-0.4, -0.2) is 36.4 Å². The van der Waals surface area contributed by atoms with Crippen molar-refractivity contribution in [2.24, 2.45) is 5.92 Å². The van der Waals surface area contributed by atoms with Crippen LogP contribution in [0.15, 0.2) is 33.6 Å². The molecule has 1 aliphatic heterocycles. The maximum atomic E-state index is 12.6. The molecule has 110 valence electrons. The first-order valence-electron chi connectivity index (χ1n) is 6.32. The zero-order valence-electron chi connectivity index (χ0n) is 11.0. The van der Waals surface area contributed by atoms with Crippen LogP contribution in [0, 0.1) is 5.92 Å². The zero-order valence-corrected chi connectivity index (χ0v) is 13.4. The third kappa shape index (κ3) is 3.05. The molecular formula is C13H16BrNO4S. The number of piperidine rings is 1. The molecule has 0 saturated carbocycles. The molecule has 5 nitrogen and oxygen atoms in total. The quantitative estimate of drug-likeness (QED) is 0.896. The van der Waals surface area contributed by atoms with Gasteiger partial charge in [0.25, 0.3) is 0 Å². The minimum absolute atomic E-state index is 0.0331. The number of carboxylic acid groups (broad SMARTS) is 1. The van der Waals surface area contributed by atoms with Crippen LogP contribution >= 0.6 is 15.9 Å². The summed E-state index contributed by atoms with van der Waals surface area (Å²) in [6.07, 6.45) is 1.07. The molecule has 0 amide bonds. The smallest absolute Gasteiger partial charge is 0.307 e. The van der Waals surface area contributed by atoms with Gasteiger partial charge in [-0.2, -0.15) is 4.31 Å². The van der Waals surface area contributed by atoms with Crippen LogP contribution in [0.2, 0.25) is 0 Å². The SMILES string of the molecule is CC1CCC(C(=O)O)CN1S(=O)(=O)c1cccc(Br)c1. The number of benzene rings is 1. The van der Waals surface area contributed by atoms with E-state index in [1.807, 2.05) is 6.92 Å². The summed E-state index contributed by atoms with van der Waals surface area (Å²) < 4.78 is 27.2. The summed E-state index contributed by atoms with van der Waals surface area (Å²) in [5.41, 5.74) is 0. The highest BCUT2D eigenvalue weighted by molar-refractivity contribution is 9.10. The van der Waals surface area contributed by atoms with Gasteiger partial charge >= 0.3 is 5.97 Å². The fourth-order valence-corrected chi connectivity index (χ4v) is 4.68. The minimum atomic E-state index is -3.66. The van der Waals surface area contributed by atoms with E-state index in [-0.39, 0.29) is 17.5 Å². The van der Waals surface area contributed by atoms with E-state index in [4.69, 9.17) is 5.11 Å². The van der Waals surface area contributed by atoms with Crippen molar-refractivity contribution in [2.75, 3.05) is 6.54 Å². The summed E-state index contributed by atoms with van der Waals surface area (Å²) in [5.74, 6) is -1.57. The summed E-state index contributed by atoms with van der Waals surface area (Å²) >= 11 is 3.25. The molecule has 1 N–H and O–H groups in total. The van der Waals surface area contributed by atoms with Crippen molar-refractivity contribution < 1.29 is 18.3 Å². The third-order valence-electron chi connectivity index (χ3n) is 3.58. The van der Waals surface area contributed by atoms with Crippen molar-refractivity contribution in [3.8, 4) is 0 Å². The van der Waals surface area contributed by atoms with Crippen LogP contribution in [-0.2, 0) is 14.8 Å². The molecule has 0 radical (unpaired) electrons. The van der Waals surface area contributed by atoms with Crippen molar-refractivity contribution in [1.29, 1.82) is 0 Å². The molecule has 1 saturated heterocycles. The first kappa shape index (κ1) is 15.5. The lowest BCUT2D eigenvalue weighted by Gasteiger charge is -2.35. The van der Waals surface area contributed by atoms with Gasteiger partial charge in [0, 0.05) is 17.1 Å². The van der Waals surface area contributed by atoms with Crippen molar-refractivity contribution in [3.05, 3.63) is 28.7 Å². The largest absolute Gasteiger partial charge is 0.481 e. The van der Waals surface area contributed by atoms with Gasteiger partial charge in [-0.15, -0.1) is 0 Å². The van der Waals surface area contributed by atoms with Gasteiger partial charge in [-0.05, 0) is 38.0 Å². The van der Waals surface area contributed by atoms with Crippen LogP contribution < -0.4 is 0 Å². The van der Waals surface area contributed by atoms with E-state index >= 15 is 0 Å². The molecule has 2 unspecified atom stereocenters. The Morgan fingerprint density at radius 2 is 2.10 bits per heavy atom. The third-order valence-corrected chi connectivity index (χ3v) is 6.05. The molecule has 1 aromatic carbocycles. The molecule has 7 heteroatoms. The van der Waals surface area contributed by atoms with Gasteiger partial charge in [0.2, 0.25) is 10.0 Å². The molecule has 0 spiro atoms. The van der Waals surface area contributed by atoms with E-state index in [0.29, 0.717) is 17.3 Å². The van der Waals surface area contributed by atoms with Gasteiger partial charge < -0.3 is 5.11 Å². The lowest BCUT2D eigenvalue weighted by molar-refractivity contribution is -0.143. The summed E-state index contributed by atoms with van der Waals surface area (Å²) in [6, 6.07) is 6.28. The van der Waals surface area contributed by atoms with E-state index in [1.165, 1.54) is 16.4 Å². The van der Waals surface area contributed by atoms with Crippen molar-refractivity contribution in [2.45, 2.75) is 30.7 Å². The van der Waals surface area contributed by atoms with Gasteiger partial charge in [0.05, 0.1) is 10.8 Å². The summed E-state index contributed by atoms with van der Waals surface area (Å²) in [5, 5.41) is 9.09. The lowest BCUT2D eigenvalue weighted by Crippen LogP contribution is -2.47. The zero-order chi connectivity index (χ0) is 14.9. The average Bonchev–Trinajstić information content (AvgIpc) is 2.38. The Balaban J connectivity index is 2.34. The molecular weight excluding hydrogens is 346 g/mol. The van der Waals surface area contributed by atoms with Crippen LogP contribution in [0.25, 0.3) is 0 Å². The Morgan fingerprint density at radius 1 is 1.40 bits per heavy atom. The second-order valence-electron chi connectivity index (χ2n) is 4.99. The van der Waals surface area contributed by atoms with Crippen LogP contribution in [0.4, 0.5) is 0 Å². The van der Waals surface area contributed by atoms with Crippen LogP contribution in [0.3, 0.4) is 0 Å². The molecule has 0 bridgehead atoms. The van der Waals surface area contributed by atoms with Crippen LogP contribution in [0.1, 0.15) is 19.8 Å². The number of hydrogen-bond donors (Lipinski definition) is 1. The maximum Gasteiger partial charge on any atom is 0.307 e. The van der Waals surface area contributed by atoms with E-state index in [0.717, 1.165) is 0 Å². The maximum absolute atomic E-state index is 12.6. The van der Waals surface area contributed by atoms with E-state index < -0.39 is 21.9 Å². The number of hydrogen-bond acceptors (Lipinski definition) is 3. The Kier molecular flexibility index (Phi) is 4.51. The fourth-order valence-electron chi connectivity index (χ4n) is 2.37. The van der Waals surface area contributed by atoms with E-state index in [2.05, 4.69) is 15.9 Å². The van der Waals surface area contributed by atoms with Gasteiger partial charge in [-0.3, -0.25) is 4.79 Å². The Hall–Kier alpha value is -0.920. The van der Waals surface area contributed by atoms with Gasteiger partial charge in [0.1, 0.15) is 0 Å². The fraction of sp³-hybridized carbons (Fsp3) is 0.462. The van der Waals surface area contributed by atoms with E-state index in [1.54, 1.807) is 12.1 Å². The molecule has 1 aliphatic rings. The lowest BCUT2D eigenvalue weighted by atomic mass is 9.96. The van der Waals surface area contributed by atoms with Gasteiger partial charge in [0.15, 0.2) is 0 Å². The minimum Gasteiger partial charge on any atom is -0.481 e. The molecule has 1 aromatic rings. The van der Waals surface area contributed by atoms with Crippen molar-refractivity contribution >= 4 is 31.9 Å². The monoisotopic (exact) mass is 361 g/mol. The number of carboxylic acids is 1. The van der Waals surface area contributed by atoms with Crippen LogP contribution in [0.5, 0.6) is 0 Å². The topological polar surface area (TPSA) is 74.7 Å². The summed E-state index contributed by atoms with van der Waals surface area (Å²) in [7, 11) is -3.66. The molecule has 2 atom stereocenters. The van der Waals surface area contributed by atoms with Gasteiger partial charge in [-0.1, -0.05) is 22.0 Å². The first-order chi connectivity index (χ1) is 9.32. The number of rotatable bonds is 3. The number of aliphatic carboxylic acids is 1. The normalized spacial score (nSPS) is 24.5. The average molecular weight is 362 g/mol. The summed E-state index contributed by atoms with van der Waals surface area (Å²) in [4.78, 5) is 11.3. The van der Waals surface area contributed by atoms with Crippen molar-refractivity contribution in [3.63, 3.8) is 0 Å². The molecule has 1 fully saturated rings. The predicted molar refractivity (Wildman–Crippen MR) is 77.9 cm³/mol. The van der Waals surface area contributed by atoms with Crippen molar-refractivity contribution in [1.82, 2.24) is 4.31 Å². The predicted octanol–water partition coefficient (Wildman–Crippen LogP) is 2.32. The van der Waals surface area contributed by atoms with Gasteiger partial charge in [-0.25, -0.2) is 8.42 Å². The number of halogens is 1. The Bertz CT molecular complexity index is 617. The first-order valence-corrected chi connectivity index (χ1v) is 8.56.